The van der Waals surface area contributed by atoms with E-state index in [1.165, 1.54) is 64.2 Å². The van der Waals surface area contributed by atoms with E-state index in [0.717, 1.165) is 36.3 Å². The van der Waals surface area contributed by atoms with Crippen LogP contribution in [0.15, 0.2) is 0 Å². The van der Waals surface area contributed by atoms with Gasteiger partial charge in [0, 0.05) is 6.04 Å². The first-order chi connectivity index (χ1) is 9.70. The Bertz CT molecular complexity index is 254. The van der Waals surface area contributed by atoms with Gasteiger partial charge < -0.3 is 5.32 Å². The average Bonchev–Trinajstić information content (AvgIpc) is 2.70. The number of nitrogens with one attached hydrogen (secondary N) is 1. The minimum Gasteiger partial charge on any atom is -0.314 e. The molecule has 0 saturated heterocycles. The predicted octanol–water partition coefficient (Wildman–Crippen LogP) is 5.40. The van der Waals surface area contributed by atoms with Crippen molar-refractivity contribution in [3.8, 4) is 0 Å². The predicted molar refractivity (Wildman–Crippen MR) is 88.9 cm³/mol. The van der Waals surface area contributed by atoms with Gasteiger partial charge in [-0.25, -0.2) is 0 Å². The molecule has 0 aromatic rings. The second-order valence-electron chi connectivity index (χ2n) is 7.79. The molecular weight excluding hydrogens is 242 g/mol. The lowest BCUT2D eigenvalue weighted by Gasteiger charge is -2.38. The third-order valence-electron chi connectivity index (χ3n) is 6.24. The van der Waals surface area contributed by atoms with E-state index in [2.05, 4.69) is 26.1 Å². The summed E-state index contributed by atoms with van der Waals surface area (Å²) in [6, 6.07) is 0.804. The van der Waals surface area contributed by atoms with Gasteiger partial charge in [0.2, 0.25) is 0 Å². The van der Waals surface area contributed by atoms with Gasteiger partial charge in [0.15, 0.2) is 0 Å². The minimum atomic E-state index is 0.804. The molecule has 2 saturated carbocycles. The van der Waals surface area contributed by atoms with Gasteiger partial charge in [0.05, 0.1) is 0 Å². The normalized spacial score (nSPS) is 34.6. The Morgan fingerprint density at radius 1 is 0.900 bits per heavy atom. The maximum atomic E-state index is 3.86. The van der Waals surface area contributed by atoms with Crippen LogP contribution in [0, 0.1) is 23.7 Å². The van der Waals surface area contributed by atoms with Crippen LogP contribution in [0.1, 0.15) is 85.0 Å². The van der Waals surface area contributed by atoms with Gasteiger partial charge in [0.25, 0.3) is 0 Å². The van der Waals surface area contributed by atoms with Crippen molar-refractivity contribution >= 4 is 0 Å². The lowest BCUT2D eigenvalue weighted by atomic mass is 9.71. The van der Waals surface area contributed by atoms with Crippen molar-refractivity contribution in [3.63, 3.8) is 0 Å². The lowest BCUT2D eigenvalue weighted by Crippen LogP contribution is -2.41. The van der Waals surface area contributed by atoms with Gasteiger partial charge >= 0.3 is 0 Å². The Morgan fingerprint density at radius 2 is 1.60 bits per heavy atom. The van der Waals surface area contributed by atoms with E-state index < -0.39 is 0 Å². The molecule has 2 rings (SSSR count). The molecule has 0 bridgehead atoms. The summed E-state index contributed by atoms with van der Waals surface area (Å²) in [6.45, 7) is 8.37. The van der Waals surface area contributed by atoms with Gasteiger partial charge in [-0.3, -0.25) is 0 Å². The molecule has 2 aliphatic rings. The summed E-state index contributed by atoms with van der Waals surface area (Å²) in [5, 5.41) is 3.86. The SMILES string of the molecule is CCNC(CC1CCCCCC1)C1CCC(C)C(C)C1. The van der Waals surface area contributed by atoms with Crippen molar-refractivity contribution in [1.29, 1.82) is 0 Å². The van der Waals surface area contributed by atoms with E-state index in [1.54, 1.807) is 0 Å². The summed E-state index contributed by atoms with van der Waals surface area (Å²) >= 11 is 0. The molecular formula is C19H37N. The highest BCUT2D eigenvalue weighted by molar-refractivity contribution is 4.85. The van der Waals surface area contributed by atoms with Crippen LogP contribution >= 0.6 is 0 Å². The molecule has 0 aliphatic heterocycles. The highest BCUT2D eigenvalue weighted by Gasteiger charge is 2.31. The van der Waals surface area contributed by atoms with Crippen LogP contribution in [0.2, 0.25) is 0 Å². The Kier molecular flexibility index (Phi) is 6.87. The van der Waals surface area contributed by atoms with Crippen molar-refractivity contribution in [2.24, 2.45) is 23.7 Å². The van der Waals surface area contributed by atoms with E-state index in [4.69, 9.17) is 0 Å². The van der Waals surface area contributed by atoms with Crippen LogP contribution in [0.5, 0.6) is 0 Å². The van der Waals surface area contributed by atoms with Gasteiger partial charge in [0.1, 0.15) is 0 Å². The molecule has 2 fully saturated rings. The van der Waals surface area contributed by atoms with Crippen molar-refractivity contribution < 1.29 is 0 Å². The fourth-order valence-corrected chi connectivity index (χ4v) is 4.62. The lowest BCUT2D eigenvalue weighted by molar-refractivity contribution is 0.155. The fraction of sp³-hybridized carbons (Fsp3) is 1.00. The number of hydrogen-bond donors (Lipinski definition) is 1. The van der Waals surface area contributed by atoms with E-state index in [1.807, 2.05) is 0 Å². The van der Waals surface area contributed by atoms with Crippen LogP contribution in [0.3, 0.4) is 0 Å². The van der Waals surface area contributed by atoms with Gasteiger partial charge in [-0.15, -0.1) is 0 Å². The van der Waals surface area contributed by atoms with Crippen LogP contribution in [0.25, 0.3) is 0 Å². The highest BCUT2D eigenvalue weighted by Crippen LogP contribution is 2.37. The molecule has 4 atom stereocenters. The zero-order chi connectivity index (χ0) is 14.4. The minimum absolute atomic E-state index is 0.804. The average molecular weight is 280 g/mol. The smallest absolute Gasteiger partial charge is 0.00979 e. The van der Waals surface area contributed by atoms with Crippen molar-refractivity contribution in [1.82, 2.24) is 5.32 Å². The monoisotopic (exact) mass is 279 g/mol. The van der Waals surface area contributed by atoms with Crippen molar-refractivity contribution in [3.05, 3.63) is 0 Å². The molecule has 1 heteroatoms. The summed E-state index contributed by atoms with van der Waals surface area (Å²) in [4.78, 5) is 0. The molecule has 0 amide bonds. The molecule has 0 aromatic heterocycles. The van der Waals surface area contributed by atoms with Gasteiger partial charge in [-0.1, -0.05) is 65.7 Å². The maximum Gasteiger partial charge on any atom is 0.00979 e. The summed E-state index contributed by atoms with van der Waals surface area (Å²) in [5.41, 5.74) is 0. The topological polar surface area (TPSA) is 12.0 Å². The molecule has 118 valence electrons. The zero-order valence-corrected chi connectivity index (χ0v) is 14.2. The molecule has 20 heavy (non-hydrogen) atoms. The molecule has 4 unspecified atom stereocenters. The number of rotatable bonds is 5. The molecule has 1 N–H and O–H groups in total. The third kappa shape index (κ3) is 4.76. The van der Waals surface area contributed by atoms with Crippen molar-refractivity contribution in [2.45, 2.75) is 91.0 Å². The Balaban J connectivity index is 1.88. The van der Waals surface area contributed by atoms with Gasteiger partial charge in [-0.2, -0.15) is 0 Å². The Labute approximate surface area is 127 Å². The van der Waals surface area contributed by atoms with E-state index in [0.29, 0.717) is 0 Å². The quantitative estimate of drug-likeness (QED) is 0.665. The van der Waals surface area contributed by atoms with Gasteiger partial charge in [-0.05, 0) is 49.5 Å². The highest BCUT2D eigenvalue weighted by atomic mass is 14.9. The summed E-state index contributed by atoms with van der Waals surface area (Å²) in [7, 11) is 0. The third-order valence-corrected chi connectivity index (χ3v) is 6.24. The first-order valence-electron chi connectivity index (χ1n) is 9.44. The van der Waals surface area contributed by atoms with E-state index in [-0.39, 0.29) is 0 Å². The first kappa shape index (κ1) is 16.3. The Hall–Kier alpha value is -0.0400. The fourth-order valence-electron chi connectivity index (χ4n) is 4.62. The molecule has 0 spiro atoms. The largest absolute Gasteiger partial charge is 0.314 e. The molecule has 1 nitrogen and oxygen atoms in total. The number of hydrogen-bond acceptors (Lipinski definition) is 1. The summed E-state index contributed by atoms with van der Waals surface area (Å²) in [6.07, 6.45) is 14.8. The van der Waals surface area contributed by atoms with E-state index >= 15 is 0 Å². The molecule has 0 radical (unpaired) electrons. The van der Waals surface area contributed by atoms with Crippen LogP contribution in [0.4, 0.5) is 0 Å². The van der Waals surface area contributed by atoms with Crippen molar-refractivity contribution in [2.75, 3.05) is 6.54 Å². The molecule has 0 aromatic carbocycles. The Morgan fingerprint density at radius 3 is 2.20 bits per heavy atom. The summed E-state index contributed by atoms with van der Waals surface area (Å²) < 4.78 is 0. The molecule has 0 heterocycles. The maximum absolute atomic E-state index is 3.86. The molecule has 2 aliphatic carbocycles. The second kappa shape index (κ2) is 8.41. The first-order valence-corrected chi connectivity index (χ1v) is 9.44. The van der Waals surface area contributed by atoms with Crippen LogP contribution in [-0.4, -0.2) is 12.6 Å². The summed E-state index contributed by atoms with van der Waals surface area (Å²) in [5.74, 6) is 3.84. The van der Waals surface area contributed by atoms with Crippen LogP contribution < -0.4 is 5.32 Å². The van der Waals surface area contributed by atoms with E-state index in [9.17, 15) is 0 Å². The second-order valence-corrected chi connectivity index (χ2v) is 7.79. The van der Waals surface area contributed by atoms with Crippen LogP contribution in [-0.2, 0) is 0 Å². The zero-order valence-electron chi connectivity index (χ0n) is 14.2. The standard InChI is InChI=1S/C19H37N/c1-4-20-19(14-17-9-7-5-6-8-10-17)18-12-11-15(2)16(3)13-18/h15-20H,4-14H2,1-3H3.